The number of pyridine rings is 2. The summed E-state index contributed by atoms with van der Waals surface area (Å²) in [6.07, 6.45) is 3.69. The van der Waals surface area contributed by atoms with Crippen molar-refractivity contribution in [1.29, 1.82) is 0 Å². The predicted molar refractivity (Wildman–Crippen MR) is 352 cm³/mol. The van der Waals surface area contributed by atoms with Crippen LogP contribution >= 0.6 is 0 Å². The lowest BCUT2D eigenvalue weighted by molar-refractivity contribution is 1.05. The van der Waals surface area contributed by atoms with Crippen molar-refractivity contribution >= 4 is 115 Å². The molecule has 402 valence electrons. The zero-order valence-corrected chi connectivity index (χ0v) is 46.1. The van der Waals surface area contributed by atoms with Gasteiger partial charge in [-0.3, -0.25) is 23.0 Å². The lowest BCUT2D eigenvalue weighted by Gasteiger charge is -2.15. The second kappa shape index (κ2) is 18.4. The van der Waals surface area contributed by atoms with Gasteiger partial charge in [0.15, 0.2) is 5.84 Å². The molecule has 1 aliphatic rings. The van der Waals surface area contributed by atoms with Gasteiger partial charge in [0, 0.05) is 65.5 Å². The minimum absolute atomic E-state index is 0.0779. The number of hydrogen-bond acceptors (Lipinski definition) is 6. The molecule has 0 fully saturated rings. The lowest BCUT2D eigenvalue weighted by atomic mass is 10.0. The average Bonchev–Trinajstić information content (AvgIpc) is 1.75. The molecule has 0 radical (unpaired) electrons. The molecule has 10 nitrogen and oxygen atoms in total. The van der Waals surface area contributed by atoms with E-state index in [1.807, 2.05) is 99.8 Å². The molecule has 18 rings (SSSR count). The Morgan fingerprint density at radius 2 is 0.756 bits per heavy atom. The number of fused-ring (bicyclic) bond motifs is 12. The van der Waals surface area contributed by atoms with E-state index in [2.05, 4.69) is 173 Å². The Kier molecular flexibility index (Phi) is 10.3. The summed E-state index contributed by atoms with van der Waals surface area (Å²) < 4.78 is 8.23. The Morgan fingerprint density at radius 1 is 0.337 bits per heavy atom. The van der Waals surface area contributed by atoms with Crippen LogP contribution in [-0.4, -0.2) is 39.5 Å². The monoisotopic (exact) mass is 1100 g/mol. The minimum atomic E-state index is -0.113. The maximum Gasteiger partial charge on any atom is 0.264 e. The van der Waals surface area contributed by atoms with Crippen LogP contribution in [0.3, 0.4) is 0 Å². The number of imidazole rings is 2. The van der Waals surface area contributed by atoms with Crippen molar-refractivity contribution in [3.63, 3.8) is 0 Å². The van der Waals surface area contributed by atoms with E-state index in [0.717, 1.165) is 151 Å². The Labute approximate surface area is 489 Å². The Bertz CT molecular complexity index is 5900. The number of para-hydroxylation sites is 2. The molecular formula is C76H46N8O2. The maximum atomic E-state index is 15.1. The van der Waals surface area contributed by atoms with Crippen molar-refractivity contribution in [3.8, 4) is 39.6 Å². The highest BCUT2D eigenvalue weighted by Gasteiger charge is 2.28. The van der Waals surface area contributed by atoms with Crippen molar-refractivity contribution in [3.05, 3.63) is 287 Å². The molecular weight excluding hydrogens is 1060 g/mol. The van der Waals surface area contributed by atoms with Crippen LogP contribution in [0.4, 0.5) is 0 Å². The summed E-state index contributed by atoms with van der Waals surface area (Å²) in [6.45, 7) is 0. The van der Waals surface area contributed by atoms with Gasteiger partial charge in [-0.2, -0.15) is 0 Å². The van der Waals surface area contributed by atoms with E-state index in [9.17, 15) is 4.79 Å². The summed E-state index contributed by atoms with van der Waals surface area (Å²) in [4.78, 5) is 51.0. The molecule has 0 amide bonds. The van der Waals surface area contributed by atoms with E-state index >= 15 is 4.79 Å². The highest BCUT2D eigenvalue weighted by Crippen LogP contribution is 2.45. The first-order valence-electron chi connectivity index (χ1n) is 29.0. The highest BCUT2D eigenvalue weighted by molar-refractivity contribution is 6.32. The summed E-state index contributed by atoms with van der Waals surface area (Å²) in [5.74, 6) is 2.62. The molecule has 0 N–H and O–H groups in total. The van der Waals surface area contributed by atoms with Crippen LogP contribution in [0.1, 0.15) is 24.0 Å². The largest absolute Gasteiger partial charge is 0.309 e. The number of hydrogen-bond donors (Lipinski definition) is 0. The molecule has 1 aliphatic heterocycles. The fourth-order valence-electron chi connectivity index (χ4n) is 13.8. The molecule has 86 heavy (non-hydrogen) atoms. The standard InChI is InChI=1S/C76H46N8O2/c85-75-54-27-12-10-25-52(54)68-66-56-29-14-16-32-61(56)81(63(66)43-59-70(68)83(75)73(78-59)49-23-8-3-9-24-49)51-41-39-46(40-42-51)45-35-37-50(38-36-45)74-79-60-44-64-67(69-53-26-11-13-28-55(53)76(86)84(74)71(60)69)57-30-15-17-33-62(57)82(64)65-34-18-31-58(47-19-4-1-5-20-47)77-72(80-65)48-21-6-2-7-22-48/h1-17,19-30,32-44H,18,31H2/b65-34+,77-58-,80-72-. The summed E-state index contributed by atoms with van der Waals surface area (Å²) in [6, 6.07) is 84.8. The van der Waals surface area contributed by atoms with Crippen LogP contribution in [0, 0.1) is 0 Å². The molecule has 0 saturated heterocycles. The zero-order chi connectivity index (χ0) is 56.7. The normalized spacial score (nSPS) is 15.1. The van der Waals surface area contributed by atoms with Gasteiger partial charge < -0.3 is 4.57 Å². The second-order valence-corrected chi connectivity index (χ2v) is 22.3. The first kappa shape index (κ1) is 48.0. The molecule has 6 aromatic heterocycles. The van der Waals surface area contributed by atoms with Gasteiger partial charge in [0.1, 0.15) is 17.5 Å². The van der Waals surface area contributed by atoms with Gasteiger partial charge in [0.2, 0.25) is 0 Å². The number of nitrogens with zero attached hydrogens (tertiary/aromatic N) is 8. The molecule has 17 aromatic rings. The Hall–Kier alpha value is -11.6. The van der Waals surface area contributed by atoms with Gasteiger partial charge in [0.05, 0.1) is 49.8 Å². The van der Waals surface area contributed by atoms with Crippen LogP contribution in [0.2, 0.25) is 0 Å². The van der Waals surface area contributed by atoms with Crippen LogP contribution in [-0.2, 0) is 0 Å². The number of allylic oxidation sites excluding steroid dienone is 1. The van der Waals surface area contributed by atoms with Crippen molar-refractivity contribution < 1.29 is 0 Å². The fraction of sp³-hybridized carbons (Fsp3) is 0.0263. The van der Waals surface area contributed by atoms with Crippen molar-refractivity contribution in [2.75, 3.05) is 0 Å². The first-order chi connectivity index (χ1) is 42.5. The fourth-order valence-corrected chi connectivity index (χ4v) is 13.8. The van der Waals surface area contributed by atoms with Gasteiger partial charge in [-0.05, 0) is 94.9 Å². The zero-order valence-electron chi connectivity index (χ0n) is 46.1. The molecule has 0 bridgehead atoms. The van der Waals surface area contributed by atoms with Gasteiger partial charge >= 0.3 is 0 Å². The third kappa shape index (κ3) is 6.95. The maximum absolute atomic E-state index is 15.1. The number of rotatable bonds is 7. The lowest BCUT2D eigenvalue weighted by Crippen LogP contribution is -2.14. The molecule has 10 heteroatoms. The van der Waals surface area contributed by atoms with Gasteiger partial charge in [0.25, 0.3) is 11.1 Å². The van der Waals surface area contributed by atoms with Crippen LogP contribution in [0.15, 0.2) is 274 Å². The number of benzene rings is 11. The molecule has 11 aromatic carbocycles. The third-order valence-corrected chi connectivity index (χ3v) is 17.6. The van der Waals surface area contributed by atoms with Crippen LogP contribution < -0.4 is 11.1 Å². The highest BCUT2D eigenvalue weighted by atomic mass is 16.1. The molecule has 0 aliphatic carbocycles. The van der Waals surface area contributed by atoms with E-state index in [0.29, 0.717) is 28.3 Å². The SMILES string of the molecule is O=c1c2ccccc2c2c3c4ccccc4n(C4=C/CC/C(c5ccccc5)=N/C(c5ccccc5)=N\4)c3cc3nc(-c4ccc(-c5ccc(-n6c7ccccc7c7c8c9ccccc9c(=O)n9c(-c%10ccccc%10)nc(cc76)c89)cc5)cc4)n1c32. The summed E-state index contributed by atoms with van der Waals surface area (Å²) in [7, 11) is 0. The first-order valence-corrected chi connectivity index (χ1v) is 29.0. The Balaban J connectivity index is 0.773. The molecule has 0 atom stereocenters. The number of aliphatic imine (C=N–C) groups is 2. The molecule has 0 saturated carbocycles. The van der Waals surface area contributed by atoms with Crippen LogP contribution in [0.5, 0.6) is 0 Å². The van der Waals surface area contributed by atoms with Crippen molar-refractivity contribution in [2.45, 2.75) is 12.8 Å². The molecule has 7 heterocycles. The predicted octanol–water partition coefficient (Wildman–Crippen LogP) is 16.9. The third-order valence-electron chi connectivity index (χ3n) is 17.6. The molecule has 0 unspecified atom stereocenters. The summed E-state index contributed by atoms with van der Waals surface area (Å²) in [5, 5.41) is 9.30. The average molecular weight is 1100 g/mol. The van der Waals surface area contributed by atoms with E-state index in [1.165, 1.54) is 0 Å². The summed E-state index contributed by atoms with van der Waals surface area (Å²) in [5.41, 5.74) is 14.7. The number of amidine groups is 1. The van der Waals surface area contributed by atoms with Crippen molar-refractivity contribution in [2.24, 2.45) is 9.98 Å². The van der Waals surface area contributed by atoms with E-state index < -0.39 is 0 Å². The van der Waals surface area contributed by atoms with E-state index in [1.54, 1.807) is 0 Å². The van der Waals surface area contributed by atoms with E-state index in [-0.39, 0.29) is 11.1 Å². The van der Waals surface area contributed by atoms with Gasteiger partial charge in [-0.1, -0.05) is 200 Å². The summed E-state index contributed by atoms with van der Waals surface area (Å²) >= 11 is 0. The quantitative estimate of drug-likeness (QED) is 0.148. The van der Waals surface area contributed by atoms with Gasteiger partial charge in [-0.25, -0.2) is 20.0 Å². The van der Waals surface area contributed by atoms with Crippen molar-refractivity contribution in [1.82, 2.24) is 27.9 Å². The van der Waals surface area contributed by atoms with Crippen LogP contribution in [0.25, 0.3) is 143 Å². The Morgan fingerprint density at radius 3 is 1.30 bits per heavy atom. The van der Waals surface area contributed by atoms with E-state index in [4.69, 9.17) is 20.0 Å². The number of aromatic nitrogens is 6. The molecule has 0 spiro atoms. The minimum Gasteiger partial charge on any atom is -0.309 e. The second-order valence-electron chi connectivity index (χ2n) is 22.3. The topological polar surface area (TPSA) is 103 Å². The smallest absolute Gasteiger partial charge is 0.264 e. The van der Waals surface area contributed by atoms with Gasteiger partial charge in [-0.15, -0.1) is 0 Å².